The van der Waals surface area contributed by atoms with E-state index < -0.39 is 27.6 Å². The fourth-order valence-electron chi connectivity index (χ4n) is 3.06. The van der Waals surface area contributed by atoms with Crippen molar-refractivity contribution in [3.8, 4) is 0 Å². The third-order valence-corrected chi connectivity index (χ3v) is 6.24. The Morgan fingerprint density at radius 3 is 2.38 bits per heavy atom. The van der Waals surface area contributed by atoms with Crippen molar-refractivity contribution >= 4 is 33.2 Å². The Kier molecular flexibility index (Phi) is 7.95. The Hall–Kier alpha value is -3.79. The second-order valence-electron chi connectivity index (χ2n) is 7.48. The van der Waals surface area contributed by atoms with Gasteiger partial charge in [-0.15, -0.1) is 0 Å². The molecule has 0 unspecified atom stereocenters. The van der Waals surface area contributed by atoms with Crippen molar-refractivity contribution in [1.82, 2.24) is 5.32 Å². The molecule has 0 aliphatic rings. The zero-order valence-corrected chi connectivity index (χ0v) is 19.1. The van der Waals surface area contributed by atoms with Gasteiger partial charge >= 0.3 is 0 Å². The molecule has 0 spiro atoms. The summed E-state index contributed by atoms with van der Waals surface area (Å²) in [7, 11) is -3.79. The maximum atomic E-state index is 13.6. The van der Waals surface area contributed by atoms with Gasteiger partial charge < -0.3 is 10.6 Å². The molecule has 0 fully saturated rings. The van der Waals surface area contributed by atoms with Crippen LogP contribution in [0.5, 0.6) is 0 Å². The van der Waals surface area contributed by atoms with E-state index in [0.29, 0.717) is 23.0 Å². The molecule has 0 bridgehead atoms. The molecule has 3 rings (SSSR count). The molecule has 0 saturated heterocycles. The molecule has 2 amide bonds. The monoisotopic (exact) mass is 487 g/mol. The second kappa shape index (κ2) is 10.9. The van der Waals surface area contributed by atoms with E-state index >= 15 is 0 Å². The topological polar surface area (TPSA) is 104 Å². The van der Waals surface area contributed by atoms with E-state index in [2.05, 4.69) is 15.4 Å². The van der Waals surface area contributed by atoms with E-state index in [0.717, 1.165) is 12.1 Å². The summed E-state index contributed by atoms with van der Waals surface area (Å²) in [5.74, 6) is -2.79. The molecule has 0 radical (unpaired) electrons. The average molecular weight is 488 g/mol. The zero-order valence-electron chi connectivity index (χ0n) is 18.3. The molecule has 0 heterocycles. The van der Waals surface area contributed by atoms with E-state index in [1.165, 1.54) is 18.2 Å². The number of hydrogen-bond donors (Lipinski definition) is 3. The Morgan fingerprint density at radius 2 is 1.68 bits per heavy atom. The predicted molar refractivity (Wildman–Crippen MR) is 125 cm³/mol. The van der Waals surface area contributed by atoms with Gasteiger partial charge in [-0.25, -0.2) is 17.2 Å². The Balaban J connectivity index is 1.52. The van der Waals surface area contributed by atoms with Crippen LogP contribution < -0.4 is 15.4 Å². The third-order valence-electron chi connectivity index (χ3n) is 4.86. The van der Waals surface area contributed by atoms with Crippen LogP contribution in [-0.4, -0.2) is 26.8 Å². The summed E-state index contributed by atoms with van der Waals surface area (Å²) in [5, 5.41) is 5.16. The van der Waals surface area contributed by atoms with Crippen LogP contribution in [0.2, 0.25) is 0 Å². The van der Waals surface area contributed by atoms with E-state index in [1.54, 1.807) is 37.3 Å². The molecule has 3 aromatic carbocycles. The summed E-state index contributed by atoms with van der Waals surface area (Å²) in [5.41, 5.74) is 1.12. The number of halogens is 2. The maximum absolute atomic E-state index is 13.6. The molecule has 178 valence electrons. The lowest BCUT2D eigenvalue weighted by Gasteiger charge is -2.13. The first-order chi connectivity index (χ1) is 16.2. The number of hydrogen-bond acceptors (Lipinski definition) is 4. The van der Waals surface area contributed by atoms with Crippen molar-refractivity contribution < 1.29 is 26.8 Å². The van der Waals surface area contributed by atoms with Crippen molar-refractivity contribution in [2.75, 3.05) is 16.6 Å². The largest absolute Gasteiger partial charge is 0.352 e. The van der Waals surface area contributed by atoms with E-state index in [9.17, 15) is 26.8 Å². The lowest BCUT2D eigenvalue weighted by Crippen LogP contribution is -2.26. The van der Waals surface area contributed by atoms with Crippen LogP contribution in [-0.2, 0) is 14.8 Å². The van der Waals surface area contributed by atoms with Crippen molar-refractivity contribution in [3.05, 3.63) is 89.5 Å². The van der Waals surface area contributed by atoms with Crippen LogP contribution in [0.4, 0.5) is 20.2 Å². The molecule has 34 heavy (non-hydrogen) atoms. The number of benzene rings is 3. The average Bonchev–Trinajstić information content (AvgIpc) is 2.79. The SMILES string of the molecule is Cc1ccc(NC(=O)CCCNC(=O)c2ccc(F)cc2F)cc1NS(=O)(=O)c1ccccc1. The molecule has 0 aliphatic heterocycles. The van der Waals surface area contributed by atoms with Crippen LogP contribution in [0.15, 0.2) is 71.6 Å². The van der Waals surface area contributed by atoms with Crippen LogP contribution >= 0.6 is 0 Å². The van der Waals surface area contributed by atoms with Crippen LogP contribution in [0.3, 0.4) is 0 Å². The summed E-state index contributed by atoms with van der Waals surface area (Å²) in [6, 6.07) is 15.4. The van der Waals surface area contributed by atoms with E-state index in [-0.39, 0.29) is 35.8 Å². The fourth-order valence-corrected chi connectivity index (χ4v) is 4.20. The number of aryl methyl sites for hydroxylation is 1. The first-order valence-electron chi connectivity index (χ1n) is 10.4. The first kappa shape index (κ1) is 24.8. The van der Waals surface area contributed by atoms with Crippen molar-refractivity contribution in [1.29, 1.82) is 0 Å². The van der Waals surface area contributed by atoms with Gasteiger partial charge in [0.05, 0.1) is 16.1 Å². The Morgan fingerprint density at radius 1 is 0.941 bits per heavy atom. The highest BCUT2D eigenvalue weighted by Gasteiger charge is 2.16. The second-order valence-corrected chi connectivity index (χ2v) is 9.16. The predicted octanol–water partition coefficient (Wildman–Crippen LogP) is 4.22. The molecular weight excluding hydrogens is 464 g/mol. The lowest BCUT2D eigenvalue weighted by molar-refractivity contribution is -0.116. The number of anilines is 2. The van der Waals surface area contributed by atoms with Gasteiger partial charge in [0.25, 0.3) is 15.9 Å². The molecule has 0 aliphatic carbocycles. The van der Waals surface area contributed by atoms with Crippen LogP contribution in [0.1, 0.15) is 28.8 Å². The number of sulfonamides is 1. The van der Waals surface area contributed by atoms with Gasteiger partial charge in [0, 0.05) is 24.7 Å². The van der Waals surface area contributed by atoms with Gasteiger partial charge in [-0.05, 0) is 55.3 Å². The number of amides is 2. The first-order valence-corrected chi connectivity index (χ1v) is 11.9. The summed E-state index contributed by atoms with van der Waals surface area (Å²) in [6.45, 7) is 1.85. The van der Waals surface area contributed by atoms with E-state index in [4.69, 9.17) is 0 Å². The Labute approximate surface area is 196 Å². The van der Waals surface area contributed by atoms with Gasteiger partial charge in [-0.3, -0.25) is 14.3 Å². The molecule has 7 nitrogen and oxygen atoms in total. The quantitative estimate of drug-likeness (QED) is 0.393. The smallest absolute Gasteiger partial charge is 0.261 e. The summed E-state index contributed by atoms with van der Waals surface area (Å²) in [6.07, 6.45) is 0.338. The molecule has 3 N–H and O–H groups in total. The van der Waals surface area contributed by atoms with Crippen molar-refractivity contribution in [2.45, 2.75) is 24.7 Å². The van der Waals surface area contributed by atoms with Crippen molar-refractivity contribution in [3.63, 3.8) is 0 Å². The third kappa shape index (κ3) is 6.61. The minimum atomic E-state index is -3.79. The highest BCUT2D eigenvalue weighted by Crippen LogP contribution is 2.23. The zero-order chi connectivity index (χ0) is 24.7. The molecule has 0 saturated carbocycles. The van der Waals surface area contributed by atoms with Gasteiger partial charge in [-0.2, -0.15) is 0 Å². The maximum Gasteiger partial charge on any atom is 0.261 e. The lowest BCUT2D eigenvalue weighted by atomic mass is 10.2. The van der Waals surface area contributed by atoms with Gasteiger partial charge in [-0.1, -0.05) is 24.3 Å². The molecule has 3 aromatic rings. The number of carbonyl (C=O) groups is 2. The molecule has 10 heteroatoms. The van der Waals surface area contributed by atoms with Gasteiger partial charge in [0.1, 0.15) is 11.6 Å². The molecule has 0 aromatic heterocycles. The van der Waals surface area contributed by atoms with Gasteiger partial charge in [0.2, 0.25) is 5.91 Å². The summed E-state index contributed by atoms with van der Waals surface area (Å²) < 4.78 is 54.3. The molecular formula is C24H23F2N3O4S. The summed E-state index contributed by atoms with van der Waals surface area (Å²) in [4.78, 5) is 24.3. The van der Waals surface area contributed by atoms with Crippen molar-refractivity contribution in [2.24, 2.45) is 0 Å². The minimum absolute atomic E-state index is 0.0606. The number of carbonyl (C=O) groups excluding carboxylic acids is 2. The van der Waals surface area contributed by atoms with E-state index in [1.807, 2.05) is 0 Å². The fraction of sp³-hybridized carbons (Fsp3) is 0.167. The Bertz CT molecular complexity index is 1300. The normalized spacial score (nSPS) is 11.0. The van der Waals surface area contributed by atoms with Gasteiger partial charge in [0.15, 0.2) is 0 Å². The van der Waals surface area contributed by atoms with Crippen LogP contribution in [0, 0.1) is 18.6 Å². The minimum Gasteiger partial charge on any atom is -0.352 e. The molecule has 0 atom stereocenters. The standard InChI is InChI=1S/C24H23F2N3O4S/c1-16-9-11-18(15-22(16)29-34(32,33)19-6-3-2-4-7-19)28-23(30)8-5-13-27-24(31)20-12-10-17(25)14-21(20)26/h2-4,6-7,9-12,14-15,29H,5,8,13H2,1H3,(H,27,31)(H,28,30). The number of rotatable bonds is 9. The highest BCUT2D eigenvalue weighted by molar-refractivity contribution is 7.92. The summed E-state index contributed by atoms with van der Waals surface area (Å²) >= 11 is 0. The van der Waals surface area contributed by atoms with Crippen LogP contribution in [0.25, 0.3) is 0 Å². The highest BCUT2D eigenvalue weighted by atomic mass is 32.2. The number of nitrogens with one attached hydrogen (secondary N) is 3.